The molecular weight excluding hydrogens is 262 g/mol. The number of fused-ring (bicyclic) bond motifs is 1. The number of aromatic nitrogens is 1. The van der Waals surface area contributed by atoms with Gasteiger partial charge in [-0.1, -0.05) is 6.07 Å². The molecule has 2 atom stereocenters. The Labute approximate surface area is 127 Å². The van der Waals surface area contributed by atoms with Crippen molar-refractivity contribution in [3.8, 4) is 0 Å². The molecule has 4 rings (SSSR count). The van der Waals surface area contributed by atoms with E-state index in [-0.39, 0.29) is 0 Å². The third-order valence-corrected chi connectivity index (χ3v) is 5.08. The molecule has 1 aromatic rings. The molecule has 0 bridgehead atoms. The van der Waals surface area contributed by atoms with E-state index in [0.717, 1.165) is 18.5 Å². The van der Waals surface area contributed by atoms with Crippen LogP contribution in [-0.4, -0.2) is 59.7 Å². The molecule has 3 aliphatic rings. The smallest absolute Gasteiger partial charge is 0.0736 e. The highest BCUT2D eigenvalue weighted by molar-refractivity contribution is 5.07. The van der Waals surface area contributed by atoms with Crippen LogP contribution in [-0.2, 0) is 11.3 Å². The number of ether oxygens (including phenoxy) is 1. The Bertz CT molecular complexity index is 462. The Morgan fingerprint density at radius 2 is 2.19 bits per heavy atom. The van der Waals surface area contributed by atoms with Gasteiger partial charge in [0, 0.05) is 51.2 Å². The quantitative estimate of drug-likeness (QED) is 0.825. The van der Waals surface area contributed by atoms with E-state index in [9.17, 15) is 0 Å². The van der Waals surface area contributed by atoms with Gasteiger partial charge in [0.15, 0.2) is 0 Å². The van der Waals surface area contributed by atoms with E-state index in [4.69, 9.17) is 4.74 Å². The molecule has 1 aliphatic carbocycles. The highest BCUT2D eigenvalue weighted by Gasteiger charge is 2.37. The van der Waals surface area contributed by atoms with Crippen LogP contribution in [0.25, 0.3) is 0 Å². The van der Waals surface area contributed by atoms with Crippen LogP contribution in [0.2, 0.25) is 0 Å². The first-order chi connectivity index (χ1) is 10.4. The predicted molar refractivity (Wildman–Crippen MR) is 82.0 cm³/mol. The van der Waals surface area contributed by atoms with Crippen LogP contribution >= 0.6 is 0 Å². The summed E-state index contributed by atoms with van der Waals surface area (Å²) < 4.78 is 6.11. The summed E-state index contributed by atoms with van der Waals surface area (Å²) in [5.74, 6) is 1.01. The number of pyridine rings is 1. The second-order valence-electron chi connectivity index (χ2n) is 6.88. The van der Waals surface area contributed by atoms with Crippen molar-refractivity contribution in [3.05, 3.63) is 30.1 Å². The number of nitrogens with zero attached hydrogens (tertiary/aromatic N) is 3. The van der Waals surface area contributed by atoms with Crippen LogP contribution in [0, 0.1) is 5.92 Å². The van der Waals surface area contributed by atoms with E-state index < -0.39 is 0 Å². The van der Waals surface area contributed by atoms with Crippen molar-refractivity contribution in [3.63, 3.8) is 0 Å². The SMILES string of the molecule is c1cncc(CO[C@@H]2C[C@@H]3CN(CC4CC4)CCN3C2)c1. The second-order valence-corrected chi connectivity index (χ2v) is 6.88. The average Bonchev–Trinajstić information content (AvgIpc) is 3.23. The second kappa shape index (κ2) is 6.03. The molecule has 3 fully saturated rings. The van der Waals surface area contributed by atoms with Crippen molar-refractivity contribution in [1.82, 2.24) is 14.8 Å². The van der Waals surface area contributed by atoms with Crippen molar-refractivity contribution in [1.29, 1.82) is 0 Å². The first kappa shape index (κ1) is 13.7. The molecule has 0 unspecified atom stereocenters. The number of hydrogen-bond donors (Lipinski definition) is 0. The Kier molecular flexibility index (Phi) is 3.93. The van der Waals surface area contributed by atoms with Gasteiger partial charge < -0.3 is 9.64 Å². The normalized spacial score (nSPS) is 30.5. The van der Waals surface area contributed by atoms with Crippen LogP contribution < -0.4 is 0 Å². The molecule has 4 nitrogen and oxygen atoms in total. The molecule has 1 saturated carbocycles. The molecule has 0 amide bonds. The van der Waals surface area contributed by atoms with Crippen LogP contribution in [0.1, 0.15) is 24.8 Å². The Morgan fingerprint density at radius 3 is 3.00 bits per heavy atom. The van der Waals surface area contributed by atoms with Gasteiger partial charge in [0.25, 0.3) is 0 Å². The largest absolute Gasteiger partial charge is 0.372 e. The monoisotopic (exact) mass is 287 g/mol. The molecule has 0 N–H and O–H groups in total. The van der Waals surface area contributed by atoms with Gasteiger partial charge in [0.1, 0.15) is 0 Å². The van der Waals surface area contributed by atoms with E-state index in [1.54, 1.807) is 0 Å². The van der Waals surface area contributed by atoms with Crippen LogP contribution in [0.3, 0.4) is 0 Å². The minimum Gasteiger partial charge on any atom is -0.372 e. The van der Waals surface area contributed by atoms with Gasteiger partial charge >= 0.3 is 0 Å². The van der Waals surface area contributed by atoms with Gasteiger partial charge in [0.2, 0.25) is 0 Å². The van der Waals surface area contributed by atoms with Crippen LogP contribution in [0.15, 0.2) is 24.5 Å². The highest BCUT2D eigenvalue weighted by atomic mass is 16.5. The van der Waals surface area contributed by atoms with Crippen molar-refractivity contribution in [2.75, 3.05) is 32.7 Å². The Morgan fingerprint density at radius 1 is 1.24 bits per heavy atom. The van der Waals surface area contributed by atoms with E-state index in [1.165, 1.54) is 51.0 Å². The standard InChI is InChI=1S/C17H25N3O/c1-2-15(9-18-5-1)13-21-17-8-16-11-19(10-14-3-4-14)6-7-20(16)12-17/h1-2,5,9,14,16-17H,3-4,6-8,10-13H2/t16-,17-/m1/s1. The third kappa shape index (κ3) is 3.44. The Balaban J connectivity index is 1.26. The van der Waals surface area contributed by atoms with E-state index >= 15 is 0 Å². The predicted octanol–water partition coefficient (Wildman–Crippen LogP) is 1.77. The molecule has 2 aliphatic heterocycles. The molecule has 21 heavy (non-hydrogen) atoms. The summed E-state index contributed by atoms with van der Waals surface area (Å²) in [7, 11) is 0. The Hall–Kier alpha value is -0.970. The van der Waals surface area contributed by atoms with Gasteiger partial charge in [0.05, 0.1) is 12.7 Å². The molecule has 114 valence electrons. The van der Waals surface area contributed by atoms with Crippen molar-refractivity contribution < 1.29 is 4.74 Å². The maximum absolute atomic E-state index is 6.11. The molecule has 0 spiro atoms. The van der Waals surface area contributed by atoms with Crippen molar-refractivity contribution >= 4 is 0 Å². The lowest BCUT2D eigenvalue weighted by Gasteiger charge is -2.37. The molecule has 1 aromatic heterocycles. The molecule has 0 radical (unpaired) electrons. The minimum atomic E-state index is 0.399. The van der Waals surface area contributed by atoms with E-state index in [2.05, 4.69) is 20.9 Å². The fourth-order valence-electron chi connectivity index (χ4n) is 3.71. The third-order valence-electron chi connectivity index (χ3n) is 5.08. The van der Waals surface area contributed by atoms with Crippen LogP contribution in [0.5, 0.6) is 0 Å². The van der Waals surface area contributed by atoms with Crippen LogP contribution in [0.4, 0.5) is 0 Å². The van der Waals surface area contributed by atoms with Gasteiger partial charge in [-0.15, -0.1) is 0 Å². The maximum Gasteiger partial charge on any atom is 0.0736 e. The zero-order chi connectivity index (χ0) is 14.1. The molecule has 2 saturated heterocycles. The first-order valence-electron chi connectivity index (χ1n) is 8.34. The highest BCUT2D eigenvalue weighted by Crippen LogP contribution is 2.31. The summed E-state index contributed by atoms with van der Waals surface area (Å²) in [6.07, 6.45) is 8.23. The maximum atomic E-state index is 6.11. The number of hydrogen-bond acceptors (Lipinski definition) is 4. The summed E-state index contributed by atoms with van der Waals surface area (Å²) >= 11 is 0. The first-order valence-corrected chi connectivity index (χ1v) is 8.34. The summed E-state index contributed by atoms with van der Waals surface area (Å²) in [6, 6.07) is 4.79. The van der Waals surface area contributed by atoms with Crippen molar-refractivity contribution in [2.24, 2.45) is 5.92 Å². The molecular formula is C17H25N3O. The summed E-state index contributed by atoms with van der Waals surface area (Å²) in [4.78, 5) is 9.47. The fourth-order valence-corrected chi connectivity index (χ4v) is 3.71. The van der Waals surface area contributed by atoms with Crippen molar-refractivity contribution in [2.45, 2.75) is 38.0 Å². The minimum absolute atomic E-state index is 0.399. The number of piperazine rings is 1. The zero-order valence-electron chi connectivity index (χ0n) is 12.7. The average molecular weight is 287 g/mol. The molecule has 3 heterocycles. The summed E-state index contributed by atoms with van der Waals surface area (Å²) in [6.45, 7) is 6.88. The fraction of sp³-hybridized carbons (Fsp3) is 0.706. The zero-order valence-corrected chi connectivity index (χ0v) is 12.7. The molecule has 0 aromatic carbocycles. The van der Waals surface area contributed by atoms with E-state index in [1.807, 2.05) is 18.5 Å². The summed E-state index contributed by atoms with van der Waals surface area (Å²) in [5.41, 5.74) is 1.18. The molecule has 4 heteroatoms. The van der Waals surface area contributed by atoms with Gasteiger partial charge in [-0.2, -0.15) is 0 Å². The van der Waals surface area contributed by atoms with Gasteiger partial charge in [-0.25, -0.2) is 0 Å². The van der Waals surface area contributed by atoms with Gasteiger partial charge in [-0.3, -0.25) is 9.88 Å². The lowest BCUT2D eigenvalue weighted by atomic mass is 10.1. The lowest BCUT2D eigenvalue weighted by molar-refractivity contribution is 0.0457. The topological polar surface area (TPSA) is 28.6 Å². The summed E-state index contributed by atoms with van der Waals surface area (Å²) in [5, 5.41) is 0. The lowest BCUT2D eigenvalue weighted by Crippen LogP contribution is -2.50. The van der Waals surface area contributed by atoms with E-state index in [0.29, 0.717) is 12.7 Å². The van der Waals surface area contributed by atoms with Gasteiger partial charge in [-0.05, 0) is 36.8 Å². The number of rotatable bonds is 5.